The van der Waals surface area contributed by atoms with Crippen LogP contribution < -0.4 is 5.73 Å². The van der Waals surface area contributed by atoms with Gasteiger partial charge in [-0.05, 0) is 50.2 Å². The van der Waals surface area contributed by atoms with Crippen molar-refractivity contribution in [1.29, 1.82) is 0 Å². The van der Waals surface area contributed by atoms with Crippen LogP contribution in [0.5, 0.6) is 0 Å². The zero-order chi connectivity index (χ0) is 14.7. The molecule has 0 aliphatic carbocycles. The van der Waals surface area contributed by atoms with Crippen LogP contribution in [0.4, 0.5) is 4.39 Å². The zero-order valence-corrected chi connectivity index (χ0v) is 12.2. The molecule has 1 unspecified atom stereocenters. The van der Waals surface area contributed by atoms with Crippen LogP contribution >= 0.6 is 0 Å². The van der Waals surface area contributed by atoms with E-state index >= 15 is 0 Å². The lowest BCUT2D eigenvalue weighted by Gasteiger charge is -2.26. The minimum absolute atomic E-state index is 0.0319. The number of likely N-dealkylation sites (N-methyl/N-ethyl adjacent to an activating group) is 1. The number of aryl methyl sites for hydroxylation is 2. The first kappa shape index (κ1) is 14.8. The minimum Gasteiger partial charge on any atom is -0.465 e. The van der Waals surface area contributed by atoms with Crippen LogP contribution in [0.3, 0.4) is 0 Å². The Labute approximate surface area is 119 Å². The number of hydrogen-bond acceptors (Lipinski definition) is 3. The lowest BCUT2D eigenvalue weighted by atomic mass is 10.0. The van der Waals surface area contributed by atoms with Crippen molar-refractivity contribution >= 4 is 0 Å². The third-order valence-corrected chi connectivity index (χ3v) is 3.54. The number of benzene rings is 1. The topological polar surface area (TPSA) is 42.4 Å². The van der Waals surface area contributed by atoms with Crippen molar-refractivity contribution in [3.05, 3.63) is 58.8 Å². The van der Waals surface area contributed by atoms with Gasteiger partial charge in [-0.1, -0.05) is 12.1 Å². The molecule has 0 fully saturated rings. The summed E-state index contributed by atoms with van der Waals surface area (Å²) in [5.41, 5.74) is 7.40. The van der Waals surface area contributed by atoms with E-state index in [0.29, 0.717) is 18.7 Å². The maximum absolute atomic E-state index is 13.7. The molecule has 2 aromatic rings. The Kier molecular flexibility index (Phi) is 4.57. The molecule has 0 saturated heterocycles. The molecule has 0 saturated carbocycles. The predicted octanol–water partition coefficient (Wildman–Crippen LogP) is 3.17. The Bertz CT molecular complexity index is 580. The maximum Gasteiger partial charge on any atom is 0.126 e. The summed E-state index contributed by atoms with van der Waals surface area (Å²) >= 11 is 0. The largest absolute Gasteiger partial charge is 0.465 e. The van der Waals surface area contributed by atoms with E-state index in [9.17, 15) is 4.39 Å². The van der Waals surface area contributed by atoms with Crippen LogP contribution in [0.15, 0.2) is 34.7 Å². The molecule has 0 amide bonds. The van der Waals surface area contributed by atoms with Crippen molar-refractivity contribution in [3.8, 4) is 0 Å². The van der Waals surface area contributed by atoms with E-state index < -0.39 is 0 Å². The van der Waals surface area contributed by atoms with Crippen molar-refractivity contribution in [2.75, 3.05) is 13.6 Å². The fourth-order valence-corrected chi connectivity index (χ4v) is 2.31. The maximum atomic E-state index is 13.7. The first-order valence-corrected chi connectivity index (χ1v) is 6.73. The van der Waals surface area contributed by atoms with Crippen molar-refractivity contribution in [2.45, 2.75) is 26.4 Å². The van der Waals surface area contributed by atoms with Crippen LogP contribution in [0.1, 0.15) is 28.7 Å². The van der Waals surface area contributed by atoms with Crippen molar-refractivity contribution in [2.24, 2.45) is 5.73 Å². The molecule has 1 aromatic heterocycles. The van der Waals surface area contributed by atoms with Gasteiger partial charge in [0.15, 0.2) is 0 Å². The molecule has 108 valence electrons. The molecule has 3 nitrogen and oxygen atoms in total. The van der Waals surface area contributed by atoms with E-state index in [1.165, 1.54) is 0 Å². The van der Waals surface area contributed by atoms with E-state index in [4.69, 9.17) is 10.2 Å². The van der Waals surface area contributed by atoms with E-state index in [1.807, 2.05) is 32.2 Å². The van der Waals surface area contributed by atoms with Gasteiger partial charge in [-0.3, -0.25) is 4.90 Å². The molecule has 0 radical (unpaired) electrons. The molecule has 1 heterocycles. The van der Waals surface area contributed by atoms with E-state index in [0.717, 1.165) is 17.1 Å². The number of halogens is 1. The number of nitrogens with zero attached hydrogens (tertiary/aromatic N) is 1. The summed E-state index contributed by atoms with van der Waals surface area (Å²) in [5, 5.41) is 0. The first-order chi connectivity index (χ1) is 9.51. The van der Waals surface area contributed by atoms with Gasteiger partial charge >= 0.3 is 0 Å². The van der Waals surface area contributed by atoms with Crippen molar-refractivity contribution in [3.63, 3.8) is 0 Å². The highest BCUT2D eigenvalue weighted by Gasteiger charge is 2.17. The molecule has 20 heavy (non-hydrogen) atoms. The van der Waals surface area contributed by atoms with Gasteiger partial charge in [-0.15, -0.1) is 0 Å². The normalized spacial score (nSPS) is 12.9. The smallest absolute Gasteiger partial charge is 0.126 e. The summed E-state index contributed by atoms with van der Waals surface area (Å²) in [4.78, 5) is 2.07. The highest BCUT2D eigenvalue weighted by Crippen LogP contribution is 2.22. The molecule has 0 spiro atoms. The van der Waals surface area contributed by atoms with Crippen LogP contribution in [0.2, 0.25) is 0 Å². The molecule has 1 aromatic carbocycles. The van der Waals surface area contributed by atoms with Crippen molar-refractivity contribution in [1.82, 2.24) is 4.90 Å². The van der Waals surface area contributed by atoms with Crippen LogP contribution in [0.25, 0.3) is 0 Å². The summed E-state index contributed by atoms with van der Waals surface area (Å²) in [7, 11) is 1.97. The van der Waals surface area contributed by atoms with E-state index in [1.54, 1.807) is 19.1 Å². The summed E-state index contributed by atoms with van der Waals surface area (Å²) in [6.07, 6.45) is 0. The molecule has 4 heteroatoms. The second-order valence-electron chi connectivity index (χ2n) is 5.19. The van der Waals surface area contributed by atoms with Gasteiger partial charge in [0.05, 0.1) is 6.54 Å². The highest BCUT2D eigenvalue weighted by molar-refractivity contribution is 5.26. The second kappa shape index (κ2) is 6.20. The summed E-state index contributed by atoms with van der Waals surface area (Å²) in [5.74, 6) is 1.58. The molecule has 0 aliphatic rings. The summed E-state index contributed by atoms with van der Waals surface area (Å²) in [6.45, 7) is 4.75. The molecule has 1 atom stereocenters. The fraction of sp³-hybridized carbons (Fsp3) is 0.375. The fourth-order valence-electron chi connectivity index (χ4n) is 2.31. The number of hydrogen-bond donors (Lipinski definition) is 1. The third-order valence-electron chi connectivity index (χ3n) is 3.54. The van der Waals surface area contributed by atoms with Crippen LogP contribution in [0, 0.1) is 19.7 Å². The minimum atomic E-state index is -0.191. The zero-order valence-electron chi connectivity index (χ0n) is 12.2. The second-order valence-corrected chi connectivity index (χ2v) is 5.19. The third kappa shape index (κ3) is 3.26. The highest BCUT2D eigenvalue weighted by atomic mass is 19.1. The van der Waals surface area contributed by atoms with Crippen LogP contribution in [-0.2, 0) is 6.54 Å². The summed E-state index contributed by atoms with van der Waals surface area (Å²) in [6, 6.07) is 9.14. The average molecular weight is 276 g/mol. The molecular formula is C16H21FN2O. The molecular weight excluding hydrogens is 255 g/mol. The lowest BCUT2D eigenvalue weighted by molar-refractivity contribution is 0.221. The van der Waals surface area contributed by atoms with Crippen LogP contribution in [-0.4, -0.2) is 18.5 Å². The van der Waals surface area contributed by atoms with Gasteiger partial charge in [0.2, 0.25) is 0 Å². The Balaban J connectivity index is 2.16. The Morgan fingerprint density at radius 3 is 2.55 bits per heavy atom. The standard InChI is InChI=1S/C16H21FN2O/c1-11-4-6-13(8-15(11)17)16(9-18)19(3)10-14-7-5-12(2)20-14/h4-8,16H,9-10,18H2,1-3H3. The molecule has 0 bridgehead atoms. The molecule has 0 aliphatic heterocycles. The SMILES string of the molecule is Cc1ccc(CN(C)C(CN)c2ccc(C)c(F)c2)o1. The van der Waals surface area contributed by atoms with Gasteiger partial charge in [0, 0.05) is 12.6 Å². The lowest BCUT2D eigenvalue weighted by Crippen LogP contribution is -2.30. The van der Waals surface area contributed by atoms with Gasteiger partial charge in [-0.2, -0.15) is 0 Å². The Morgan fingerprint density at radius 2 is 2.00 bits per heavy atom. The Hall–Kier alpha value is -1.65. The van der Waals surface area contributed by atoms with Gasteiger partial charge in [-0.25, -0.2) is 4.39 Å². The quantitative estimate of drug-likeness (QED) is 0.912. The predicted molar refractivity (Wildman–Crippen MR) is 77.8 cm³/mol. The Morgan fingerprint density at radius 1 is 1.25 bits per heavy atom. The number of rotatable bonds is 5. The molecule has 2 rings (SSSR count). The van der Waals surface area contributed by atoms with Crippen molar-refractivity contribution < 1.29 is 8.81 Å². The molecule has 2 N–H and O–H groups in total. The number of furan rings is 1. The monoisotopic (exact) mass is 276 g/mol. The van der Waals surface area contributed by atoms with E-state index in [-0.39, 0.29) is 11.9 Å². The van der Waals surface area contributed by atoms with E-state index in [2.05, 4.69) is 4.90 Å². The number of nitrogens with two attached hydrogens (primary N) is 1. The average Bonchev–Trinajstić information content (AvgIpc) is 2.80. The van der Waals surface area contributed by atoms with Gasteiger partial charge in [0.25, 0.3) is 0 Å². The first-order valence-electron chi connectivity index (χ1n) is 6.73. The van der Waals surface area contributed by atoms with Gasteiger partial charge < -0.3 is 10.2 Å². The van der Waals surface area contributed by atoms with Gasteiger partial charge in [0.1, 0.15) is 17.3 Å². The summed E-state index contributed by atoms with van der Waals surface area (Å²) < 4.78 is 19.3.